The highest BCUT2D eigenvalue weighted by atomic mass is 16.5. The van der Waals surface area contributed by atoms with Crippen molar-refractivity contribution in [3.05, 3.63) is 23.8 Å². The maximum absolute atomic E-state index is 12.1. The molecule has 25 heavy (non-hydrogen) atoms. The van der Waals surface area contributed by atoms with Gasteiger partial charge in [-0.05, 0) is 56.7 Å². The van der Waals surface area contributed by atoms with Crippen LogP contribution in [0.2, 0.25) is 0 Å². The van der Waals surface area contributed by atoms with Crippen LogP contribution in [-0.4, -0.2) is 32.3 Å². The number of carbonyl (C=O) groups is 1. The average Bonchev–Trinajstić information content (AvgIpc) is 2.63. The van der Waals surface area contributed by atoms with Gasteiger partial charge in [0.2, 0.25) is 5.91 Å². The first-order valence-electron chi connectivity index (χ1n) is 9.50. The van der Waals surface area contributed by atoms with E-state index in [0.29, 0.717) is 18.9 Å². The fourth-order valence-electron chi connectivity index (χ4n) is 2.96. The summed E-state index contributed by atoms with van der Waals surface area (Å²) in [6.07, 6.45) is 6.75. The smallest absolute Gasteiger partial charge is 0.224 e. The molecule has 0 unspecified atom stereocenters. The topological polar surface area (TPSA) is 73.6 Å². The first-order chi connectivity index (χ1) is 12.2. The van der Waals surface area contributed by atoms with Gasteiger partial charge in [-0.15, -0.1) is 0 Å². The summed E-state index contributed by atoms with van der Waals surface area (Å²) in [5, 5.41) is 2.97. The van der Waals surface area contributed by atoms with Gasteiger partial charge in [0.1, 0.15) is 5.75 Å². The Kier molecular flexibility index (Phi) is 8.77. The summed E-state index contributed by atoms with van der Waals surface area (Å²) < 4.78 is 11.4. The average molecular weight is 348 g/mol. The van der Waals surface area contributed by atoms with Gasteiger partial charge in [-0.2, -0.15) is 0 Å². The van der Waals surface area contributed by atoms with Gasteiger partial charge < -0.3 is 20.5 Å². The van der Waals surface area contributed by atoms with Crippen molar-refractivity contribution in [1.82, 2.24) is 0 Å². The first-order valence-corrected chi connectivity index (χ1v) is 9.50. The lowest BCUT2D eigenvalue weighted by Crippen LogP contribution is -2.21. The summed E-state index contributed by atoms with van der Waals surface area (Å²) in [7, 11) is 0. The van der Waals surface area contributed by atoms with Crippen molar-refractivity contribution in [3.8, 4) is 5.75 Å². The minimum Gasteiger partial charge on any atom is -0.493 e. The molecule has 5 heteroatoms. The van der Waals surface area contributed by atoms with Crippen molar-refractivity contribution in [1.29, 1.82) is 0 Å². The van der Waals surface area contributed by atoms with Crippen LogP contribution >= 0.6 is 0 Å². The van der Waals surface area contributed by atoms with E-state index in [0.717, 1.165) is 75.3 Å². The minimum atomic E-state index is 0.0620. The molecule has 1 fully saturated rings. The van der Waals surface area contributed by atoms with Crippen LogP contribution in [0.4, 0.5) is 5.69 Å². The SMILES string of the molecule is Cc1ccc(NC(=O)CCCCCCN)cc1OCC1CCOCC1. The molecule has 1 aromatic rings. The third kappa shape index (κ3) is 7.45. The van der Waals surface area contributed by atoms with E-state index >= 15 is 0 Å². The van der Waals surface area contributed by atoms with Crippen molar-refractivity contribution >= 4 is 11.6 Å². The highest BCUT2D eigenvalue weighted by Crippen LogP contribution is 2.25. The number of rotatable bonds is 10. The molecule has 1 aliphatic rings. The molecule has 0 spiro atoms. The summed E-state index contributed by atoms with van der Waals surface area (Å²) >= 11 is 0. The molecule has 0 bridgehead atoms. The van der Waals surface area contributed by atoms with Crippen molar-refractivity contribution < 1.29 is 14.3 Å². The molecule has 0 saturated carbocycles. The zero-order valence-corrected chi connectivity index (χ0v) is 15.4. The summed E-state index contributed by atoms with van der Waals surface area (Å²) in [6.45, 7) is 5.13. The fraction of sp³-hybridized carbons (Fsp3) is 0.650. The minimum absolute atomic E-state index is 0.0620. The largest absolute Gasteiger partial charge is 0.493 e. The molecule has 5 nitrogen and oxygen atoms in total. The zero-order chi connectivity index (χ0) is 17.9. The van der Waals surface area contributed by atoms with Crippen LogP contribution in [0.3, 0.4) is 0 Å². The van der Waals surface area contributed by atoms with Gasteiger partial charge in [-0.25, -0.2) is 0 Å². The second-order valence-electron chi connectivity index (χ2n) is 6.85. The van der Waals surface area contributed by atoms with Gasteiger partial charge in [-0.1, -0.05) is 18.9 Å². The molecule has 2 rings (SSSR count). The number of anilines is 1. The van der Waals surface area contributed by atoms with E-state index < -0.39 is 0 Å². The second kappa shape index (κ2) is 11.1. The van der Waals surface area contributed by atoms with E-state index in [1.165, 1.54) is 0 Å². The maximum atomic E-state index is 12.1. The number of hydrogen-bond acceptors (Lipinski definition) is 4. The zero-order valence-electron chi connectivity index (χ0n) is 15.4. The van der Waals surface area contributed by atoms with Crippen molar-refractivity contribution in [3.63, 3.8) is 0 Å². The molecular weight excluding hydrogens is 316 g/mol. The Bertz CT molecular complexity index is 528. The summed E-state index contributed by atoms with van der Waals surface area (Å²) in [6, 6.07) is 5.86. The summed E-state index contributed by atoms with van der Waals surface area (Å²) in [5.41, 5.74) is 7.37. The number of nitrogens with two attached hydrogens (primary N) is 1. The summed E-state index contributed by atoms with van der Waals surface area (Å²) in [5.74, 6) is 1.47. The van der Waals surface area contributed by atoms with E-state index in [-0.39, 0.29) is 5.91 Å². The quantitative estimate of drug-likeness (QED) is 0.633. The number of benzene rings is 1. The summed E-state index contributed by atoms with van der Waals surface area (Å²) in [4.78, 5) is 12.1. The van der Waals surface area contributed by atoms with E-state index in [1.807, 2.05) is 25.1 Å². The van der Waals surface area contributed by atoms with Crippen LogP contribution in [0.1, 0.15) is 50.5 Å². The highest BCUT2D eigenvalue weighted by Gasteiger charge is 2.15. The third-order valence-electron chi connectivity index (χ3n) is 4.65. The molecule has 140 valence electrons. The van der Waals surface area contributed by atoms with Crippen LogP contribution in [0, 0.1) is 12.8 Å². The molecule has 1 aromatic carbocycles. The number of carbonyl (C=O) groups excluding carboxylic acids is 1. The van der Waals surface area contributed by atoms with Crippen LogP contribution in [-0.2, 0) is 9.53 Å². The van der Waals surface area contributed by atoms with Gasteiger partial charge in [0.15, 0.2) is 0 Å². The lowest BCUT2D eigenvalue weighted by atomic mass is 10.0. The number of unbranched alkanes of at least 4 members (excludes halogenated alkanes) is 3. The molecule has 1 heterocycles. The molecule has 0 aliphatic carbocycles. The van der Waals surface area contributed by atoms with E-state index in [1.54, 1.807) is 0 Å². The Balaban J connectivity index is 1.77. The number of amides is 1. The predicted octanol–water partition coefficient (Wildman–Crippen LogP) is 3.65. The molecule has 3 N–H and O–H groups in total. The van der Waals surface area contributed by atoms with Crippen LogP contribution in [0.15, 0.2) is 18.2 Å². The molecule has 0 aromatic heterocycles. The molecule has 1 amide bonds. The van der Waals surface area contributed by atoms with E-state index in [2.05, 4.69) is 5.32 Å². The van der Waals surface area contributed by atoms with E-state index in [4.69, 9.17) is 15.2 Å². The van der Waals surface area contributed by atoms with Gasteiger partial charge in [0, 0.05) is 31.4 Å². The van der Waals surface area contributed by atoms with Crippen molar-refractivity contribution in [2.24, 2.45) is 11.7 Å². The number of nitrogens with one attached hydrogen (secondary N) is 1. The normalized spacial score (nSPS) is 15.1. The van der Waals surface area contributed by atoms with E-state index in [9.17, 15) is 4.79 Å². The number of hydrogen-bond donors (Lipinski definition) is 2. The molecule has 0 atom stereocenters. The monoisotopic (exact) mass is 348 g/mol. The molecule has 1 aliphatic heterocycles. The standard InChI is InChI=1S/C20H32N2O3/c1-16-7-8-18(22-20(23)6-4-2-3-5-11-21)14-19(16)25-15-17-9-12-24-13-10-17/h7-8,14,17H,2-6,9-13,15,21H2,1H3,(H,22,23). The Morgan fingerprint density at radius 1 is 1.24 bits per heavy atom. The molecule has 1 saturated heterocycles. The molecular formula is C20H32N2O3. The van der Waals surface area contributed by atoms with Gasteiger partial charge in [0.25, 0.3) is 0 Å². The van der Waals surface area contributed by atoms with Crippen molar-refractivity contribution in [2.75, 3.05) is 31.7 Å². The fourth-order valence-corrected chi connectivity index (χ4v) is 2.96. The molecule has 0 radical (unpaired) electrons. The van der Waals surface area contributed by atoms with Gasteiger partial charge in [0.05, 0.1) is 6.61 Å². The second-order valence-corrected chi connectivity index (χ2v) is 6.85. The Morgan fingerprint density at radius 3 is 2.76 bits per heavy atom. The third-order valence-corrected chi connectivity index (χ3v) is 4.65. The highest BCUT2D eigenvalue weighted by molar-refractivity contribution is 5.90. The Labute approximate surface area is 151 Å². The lowest BCUT2D eigenvalue weighted by Gasteiger charge is -2.22. The number of ether oxygens (including phenoxy) is 2. The lowest BCUT2D eigenvalue weighted by molar-refractivity contribution is -0.116. The van der Waals surface area contributed by atoms with Crippen LogP contribution in [0.25, 0.3) is 0 Å². The Hall–Kier alpha value is -1.59. The maximum Gasteiger partial charge on any atom is 0.224 e. The van der Waals surface area contributed by atoms with Crippen molar-refractivity contribution in [2.45, 2.75) is 51.9 Å². The first kappa shape index (κ1) is 19.7. The van der Waals surface area contributed by atoms with Crippen LogP contribution in [0.5, 0.6) is 5.75 Å². The van der Waals surface area contributed by atoms with Gasteiger partial charge >= 0.3 is 0 Å². The number of aryl methyl sites for hydroxylation is 1. The Morgan fingerprint density at radius 2 is 2.00 bits per heavy atom. The van der Waals surface area contributed by atoms with Crippen LogP contribution < -0.4 is 15.8 Å². The van der Waals surface area contributed by atoms with Gasteiger partial charge in [-0.3, -0.25) is 4.79 Å². The predicted molar refractivity (Wildman–Crippen MR) is 101 cm³/mol.